The molecule has 0 aliphatic heterocycles. The molecular formula is C13H17ClFN. The molecule has 1 N–H and O–H groups in total. The molecule has 0 saturated heterocycles. The predicted molar refractivity (Wildman–Crippen MR) is 65.1 cm³/mol. The van der Waals surface area contributed by atoms with Gasteiger partial charge >= 0.3 is 0 Å². The molecule has 2 unspecified atom stereocenters. The minimum absolute atomic E-state index is 0.251. The van der Waals surface area contributed by atoms with Crippen molar-refractivity contribution in [1.29, 1.82) is 0 Å². The Morgan fingerprint density at radius 1 is 1.44 bits per heavy atom. The molecule has 1 aromatic rings. The van der Waals surface area contributed by atoms with Gasteiger partial charge in [-0.25, -0.2) is 4.39 Å². The molecule has 0 bridgehead atoms. The van der Waals surface area contributed by atoms with Crippen LogP contribution >= 0.6 is 11.6 Å². The molecule has 1 saturated carbocycles. The molecule has 16 heavy (non-hydrogen) atoms. The highest BCUT2D eigenvalue weighted by Gasteiger charge is 2.22. The quantitative estimate of drug-likeness (QED) is 0.850. The van der Waals surface area contributed by atoms with Gasteiger partial charge < -0.3 is 5.32 Å². The van der Waals surface area contributed by atoms with Crippen LogP contribution in [0.25, 0.3) is 0 Å². The smallest absolute Gasteiger partial charge is 0.142 e. The molecule has 0 radical (unpaired) electrons. The predicted octanol–water partition coefficient (Wildman–Crippen LogP) is 3.76. The molecule has 88 valence electrons. The first-order valence-corrected chi connectivity index (χ1v) is 6.22. The molecule has 1 aromatic carbocycles. The fourth-order valence-electron chi connectivity index (χ4n) is 2.37. The first kappa shape index (κ1) is 11.9. The summed E-state index contributed by atoms with van der Waals surface area (Å²) in [4.78, 5) is 0. The zero-order valence-electron chi connectivity index (χ0n) is 9.47. The van der Waals surface area contributed by atoms with Gasteiger partial charge in [-0.2, -0.15) is 0 Å². The van der Waals surface area contributed by atoms with Crippen LogP contribution in [0.3, 0.4) is 0 Å². The van der Waals surface area contributed by atoms with Gasteiger partial charge in [0.1, 0.15) is 5.82 Å². The molecule has 1 aliphatic rings. The van der Waals surface area contributed by atoms with Crippen LogP contribution in [0, 0.1) is 11.7 Å². The number of rotatable bonds is 3. The topological polar surface area (TPSA) is 12.0 Å². The Labute approximate surface area is 101 Å². The summed E-state index contributed by atoms with van der Waals surface area (Å²) in [5, 5.41) is 3.72. The van der Waals surface area contributed by atoms with Crippen molar-refractivity contribution in [2.45, 2.75) is 38.8 Å². The average Bonchev–Trinajstić information content (AvgIpc) is 2.67. The molecule has 1 nitrogen and oxygen atoms in total. The minimum atomic E-state index is -0.333. The third kappa shape index (κ3) is 2.55. The summed E-state index contributed by atoms with van der Waals surface area (Å²) in [6.07, 6.45) is 3.79. The van der Waals surface area contributed by atoms with Gasteiger partial charge in [0, 0.05) is 12.6 Å². The van der Waals surface area contributed by atoms with Gasteiger partial charge in [-0.05, 0) is 30.4 Å². The molecule has 0 spiro atoms. The van der Waals surface area contributed by atoms with Gasteiger partial charge in [0.15, 0.2) is 0 Å². The zero-order valence-corrected chi connectivity index (χ0v) is 10.2. The maximum atomic E-state index is 13.2. The summed E-state index contributed by atoms with van der Waals surface area (Å²) in [6, 6.07) is 5.53. The maximum Gasteiger partial charge on any atom is 0.142 e. The van der Waals surface area contributed by atoms with E-state index in [-0.39, 0.29) is 10.8 Å². The van der Waals surface area contributed by atoms with Gasteiger partial charge in [-0.1, -0.05) is 37.1 Å². The standard InChI is InChI=1S/C13H17ClFN/c1-9-4-2-7-12(9)16-8-10-5-3-6-11(15)13(10)14/h3,5-6,9,12,16H,2,4,7-8H2,1H3. The second-order valence-corrected chi connectivity index (χ2v) is 4.99. The van der Waals surface area contributed by atoms with E-state index in [0.29, 0.717) is 18.5 Å². The molecule has 1 aliphatic carbocycles. The molecule has 0 heterocycles. The van der Waals surface area contributed by atoms with Gasteiger partial charge in [0.2, 0.25) is 0 Å². The van der Waals surface area contributed by atoms with Crippen LogP contribution < -0.4 is 5.32 Å². The summed E-state index contributed by atoms with van der Waals surface area (Å²) in [6.45, 7) is 2.92. The Bertz CT molecular complexity index is 367. The first-order valence-electron chi connectivity index (χ1n) is 5.84. The molecule has 2 rings (SSSR count). The lowest BCUT2D eigenvalue weighted by Gasteiger charge is -2.17. The van der Waals surface area contributed by atoms with Crippen molar-refractivity contribution in [2.75, 3.05) is 0 Å². The van der Waals surface area contributed by atoms with E-state index in [1.54, 1.807) is 6.07 Å². The van der Waals surface area contributed by atoms with Crippen molar-refractivity contribution in [3.8, 4) is 0 Å². The van der Waals surface area contributed by atoms with Gasteiger partial charge in [-0.15, -0.1) is 0 Å². The number of hydrogen-bond acceptors (Lipinski definition) is 1. The van der Waals surface area contributed by atoms with Crippen LogP contribution in [-0.2, 0) is 6.54 Å². The third-order valence-electron chi connectivity index (χ3n) is 3.45. The molecule has 0 aromatic heterocycles. The summed E-state index contributed by atoms with van der Waals surface area (Å²) >= 11 is 5.90. The zero-order chi connectivity index (χ0) is 11.5. The summed E-state index contributed by atoms with van der Waals surface area (Å²) in [5.74, 6) is 0.382. The highest BCUT2D eigenvalue weighted by molar-refractivity contribution is 6.31. The summed E-state index contributed by atoms with van der Waals surface area (Å²) in [5.41, 5.74) is 0.848. The number of benzene rings is 1. The van der Waals surface area contributed by atoms with Crippen LogP contribution in [0.2, 0.25) is 5.02 Å². The molecule has 1 fully saturated rings. The molecule has 0 amide bonds. The third-order valence-corrected chi connectivity index (χ3v) is 3.87. The van der Waals surface area contributed by atoms with Crippen molar-refractivity contribution in [3.63, 3.8) is 0 Å². The lowest BCUT2D eigenvalue weighted by atomic mass is 10.1. The Hall–Kier alpha value is -0.600. The maximum absolute atomic E-state index is 13.2. The second kappa shape index (κ2) is 5.15. The largest absolute Gasteiger partial charge is 0.310 e. The lowest BCUT2D eigenvalue weighted by molar-refractivity contribution is 0.425. The van der Waals surface area contributed by atoms with Crippen LogP contribution in [0.15, 0.2) is 18.2 Å². The van der Waals surface area contributed by atoms with E-state index in [1.165, 1.54) is 25.3 Å². The van der Waals surface area contributed by atoms with E-state index >= 15 is 0 Å². The Balaban J connectivity index is 1.96. The van der Waals surface area contributed by atoms with Crippen LogP contribution in [0.4, 0.5) is 4.39 Å². The van der Waals surface area contributed by atoms with Crippen molar-refractivity contribution < 1.29 is 4.39 Å². The normalized spacial score (nSPS) is 24.9. The van der Waals surface area contributed by atoms with E-state index in [4.69, 9.17) is 11.6 Å². The first-order chi connectivity index (χ1) is 7.68. The van der Waals surface area contributed by atoms with Crippen molar-refractivity contribution in [2.24, 2.45) is 5.92 Å². The Morgan fingerprint density at radius 2 is 2.25 bits per heavy atom. The number of halogens is 2. The average molecular weight is 242 g/mol. The lowest BCUT2D eigenvalue weighted by Crippen LogP contribution is -2.30. The van der Waals surface area contributed by atoms with E-state index < -0.39 is 0 Å². The monoisotopic (exact) mass is 241 g/mol. The van der Waals surface area contributed by atoms with Crippen molar-refractivity contribution in [1.82, 2.24) is 5.32 Å². The van der Waals surface area contributed by atoms with E-state index in [2.05, 4.69) is 12.2 Å². The Morgan fingerprint density at radius 3 is 2.94 bits per heavy atom. The number of nitrogens with one attached hydrogen (secondary N) is 1. The van der Waals surface area contributed by atoms with Crippen LogP contribution in [0.1, 0.15) is 31.7 Å². The highest BCUT2D eigenvalue weighted by Crippen LogP contribution is 2.26. The van der Waals surface area contributed by atoms with E-state index in [9.17, 15) is 4.39 Å². The fourth-order valence-corrected chi connectivity index (χ4v) is 2.57. The molecular weight excluding hydrogens is 225 g/mol. The molecule has 3 heteroatoms. The van der Waals surface area contributed by atoms with Gasteiger partial charge in [0.05, 0.1) is 5.02 Å². The number of hydrogen-bond donors (Lipinski definition) is 1. The van der Waals surface area contributed by atoms with Crippen molar-refractivity contribution >= 4 is 11.6 Å². The van der Waals surface area contributed by atoms with Gasteiger partial charge in [-0.3, -0.25) is 0 Å². The fraction of sp³-hybridized carbons (Fsp3) is 0.538. The van der Waals surface area contributed by atoms with Gasteiger partial charge in [0.25, 0.3) is 0 Å². The summed E-state index contributed by atoms with van der Waals surface area (Å²) in [7, 11) is 0. The van der Waals surface area contributed by atoms with Crippen LogP contribution in [0.5, 0.6) is 0 Å². The minimum Gasteiger partial charge on any atom is -0.310 e. The summed E-state index contributed by atoms with van der Waals surface area (Å²) < 4.78 is 13.2. The van der Waals surface area contributed by atoms with E-state index in [0.717, 1.165) is 5.56 Å². The second-order valence-electron chi connectivity index (χ2n) is 4.61. The SMILES string of the molecule is CC1CCCC1NCc1cccc(F)c1Cl. The highest BCUT2D eigenvalue weighted by atomic mass is 35.5. The van der Waals surface area contributed by atoms with Crippen LogP contribution in [-0.4, -0.2) is 6.04 Å². The Kier molecular flexibility index (Phi) is 3.82. The van der Waals surface area contributed by atoms with Crippen molar-refractivity contribution in [3.05, 3.63) is 34.6 Å². The van der Waals surface area contributed by atoms with E-state index in [1.807, 2.05) is 6.07 Å². The molecule has 2 atom stereocenters.